The van der Waals surface area contributed by atoms with E-state index in [4.69, 9.17) is 23.4 Å². The van der Waals surface area contributed by atoms with E-state index in [1.807, 2.05) is 37.3 Å². The molecule has 1 aromatic heterocycles. The third-order valence-electron chi connectivity index (χ3n) is 7.57. The average molecular weight is 605 g/mol. The molecule has 228 valence electrons. The molecule has 0 radical (unpaired) electrons. The number of pyridine rings is 1. The summed E-state index contributed by atoms with van der Waals surface area (Å²) in [5, 5.41) is 0.927. The minimum absolute atomic E-state index is 0.0334. The molecular weight excluding hydrogens is 564 g/mol. The number of nitrogens with zero attached hydrogens (tertiary/aromatic N) is 2. The second-order valence-electron chi connectivity index (χ2n) is 10.8. The van der Waals surface area contributed by atoms with Crippen molar-refractivity contribution in [3.8, 4) is 22.8 Å². The molecule has 2 heterocycles. The van der Waals surface area contributed by atoms with E-state index in [0.29, 0.717) is 18.1 Å². The summed E-state index contributed by atoms with van der Waals surface area (Å²) in [5.41, 5.74) is 4.83. The number of benzene rings is 3. The van der Waals surface area contributed by atoms with Gasteiger partial charge < -0.3 is 19.1 Å². The highest BCUT2D eigenvalue weighted by molar-refractivity contribution is 7.86. The molecule has 5 rings (SSSR count). The summed E-state index contributed by atoms with van der Waals surface area (Å²) in [4.78, 5) is 7.18. The fourth-order valence-electron chi connectivity index (χ4n) is 5.11. The second-order valence-corrected chi connectivity index (χ2v) is 12.4. The average Bonchev–Trinajstić information content (AvgIpc) is 3.02. The standard InChI is InChI=1S/C34H40N2O6S/c1-5-36(6-2)28-14-11-26(12-15-28)31-18-13-27-21-29(16-19-32(27)35-31)40-23-25(4)42-43(37,38)30-17-10-24(3)33(22-30)41-34-9-7-8-20-39-34/h10-19,21-22,25,34H,5-9,20,23H2,1-4H3. The van der Waals surface area contributed by atoms with Gasteiger partial charge >= 0.3 is 0 Å². The quantitative estimate of drug-likeness (QED) is 0.158. The number of anilines is 1. The highest BCUT2D eigenvalue weighted by atomic mass is 32.2. The minimum atomic E-state index is -4.03. The van der Waals surface area contributed by atoms with Crippen LogP contribution < -0.4 is 14.4 Å². The lowest BCUT2D eigenvalue weighted by Gasteiger charge is -2.24. The van der Waals surface area contributed by atoms with Gasteiger partial charge in [-0.05, 0) is 88.6 Å². The van der Waals surface area contributed by atoms with Crippen LogP contribution in [0.2, 0.25) is 0 Å². The number of aryl methyl sites for hydroxylation is 1. The van der Waals surface area contributed by atoms with Crippen LogP contribution in [0.1, 0.15) is 45.6 Å². The second kappa shape index (κ2) is 13.8. The number of rotatable bonds is 12. The molecule has 4 aromatic rings. The maximum Gasteiger partial charge on any atom is 0.297 e. The van der Waals surface area contributed by atoms with E-state index in [9.17, 15) is 8.42 Å². The van der Waals surface area contributed by atoms with E-state index in [0.717, 1.165) is 60.1 Å². The Kier molecular flexibility index (Phi) is 9.85. The van der Waals surface area contributed by atoms with Gasteiger partial charge in [0.25, 0.3) is 10.1 Å². The maximum absolute atomic E-state index is 13.0. The largest absolute Gasteiger partial charge is 0.491 e. The Labute approximate surface area is 254 Å². The minimum Gasteiger partial charge on any atom is -0.491 e. The zero-order valence-electron chi connectivity index (χ0n) is 25.3. The Bertz CT molecular complexity index is 1630. The molecule has 43 heavy (non-hydrogen) atoms. The fourth-order valence-corrected chi connectivity index (χ4v) is 6.19. The summed E-state index contributed by atoms with van der Waals surface area (Å²) < 4.78 is 49.1. The van der Waals surface area contributed by atoms with Crippen molar-refractivity contribution in [1.29, 1.82) is 0 Å². The van der Waals surface area contributed by atoms with Crippen LogP contribution in [-0.4, -0.2) is 52.1 Å². The van der Waals surface area contributed by atoms with Gasteiger partial charge in [-0.25, -0.2) is 4.98 Å². The van der Waals surface area contributed by atoms with E-state index in [2.05, 4.69) is 43.0 Å². The van der Waals surface area contributed by atoms with Gasteiger partial charge in [-0.15, -0.1) is 0 Å². The molecule has 1 aliphatic heterocycles. The molecule has 0 aliphatic carbocycles. The normalized spacial score (nSPS) is 16.1. The van der Waals surface area contributed by atoms with E-state index < -0.39 is 16.2 Å². The van der Waals surface area contributed by atoms with Crippen molar-refractivity contribution in [2.24, 2.45) is 0 Å². The van der Waals surface area contributed by atoms with Crippen LogP contribution in [0.25, 0.3) is 22.2 Å². The van der Waals surface area contributed by atoms with Crippen molar-refractivity contribution in [3.63, 3.8) is 0 Å². The summed E-state index contributed by atoms with van der Waals surface area (Å²) >= 11 is 0. The molecule has 8 nitrogen and oxygen atoms in total. The zero-order valence-corrected chi connectivity index (χ0v) is 26.1. The van der Waals surface area contributed by atoms with Gasteiger partial charge in [0.05, 0.1) is 22.7 Å². The van der Waals surface area contributed by atoms with Crippen LogP contribution in [-0.2, 0) is 19.0 Å². The number of ether oxygens (including phenoxy) is 3. The Morgan fingerprint density at radius 3 is 2.49 bits per heavy atom. The van der Waals surface area contributed by atoms with Crippen LogP contribution in [0.3, 0.4) is 0 Å². The van der Waals surface area contributed by atoms with E-state index in [1.165, 1.54) is 17.8 Å². The summed E-state index contributed by atoms with van der Waals surface area (Å²) in [5.74, 6) is 1.09. The van der Waals surface area contributed by atoms with Crippen molar-refractivity contribution in [2.75, 3.05) is 31.2 Å². The number of hydrogen-bond donors (Lipinski definition) is 0. The van der Waals surface area contributed by atoms with Crippen molar-refractivity contribution in [1.82, 2.24) is 4.98 Å². The van der Waals surface area contributed by atoms with Crippen LogP contribution in [0.15, 0.2) is 77.7 Å². The molecule has 0 bridgehead atoms. The van der Waals surface area contributed by atoms with Crippen LogP contribution in [0.5, 0.6) is 11.5 Å². The van der Waals surface area contributed by atoms with E-state index in [-0.39, 0.29) is 17.8 Å². The molecule has 0 amide bonds. The maximum atomic E-state index is 13.0. The van der Waals surface area contributed by atoms with Gasteiger partial charge in [0, 0.05) is 42.2 Å². The first-order valence-corrected chi connectivity index (χ1v) is 16.4. The number of fused-ring (bicyclic) bond motifs is 1. The third-order valence-corrected chi connectivity index (χ3v) is 8.99. The number of aromatic nitrogens is 1. The first-order chi connectivity index (χ1) is 20.8. The molecular formula is C34H40N2O6S. The van der Waals surface area contributed by atoms with Crippen molar-refractivity contribution >= 4 is 26.7 Å². The molecule has 1 aliphatic rings. The fraction of sp³-hybridized carbons (Fsp3) is 0.382. The Morgan fingerprint density at radius 2 is 1.77 bits per heavy atom. The highest BCUT2D eigenvalue weighted by Crippen LogP contribution is 2.29. The first-order valence-electron chi connectivity index (χ1n) is 15.0. The molecule has 2 atom stereocenters. The monoisotopic (exact) mass is 604 g/mol. The lowest BCUT2D eigenvalue weighted by Crippen LogP contribution is -2.25. The van der Waals surface area contributed by atoms with Crippen LogP contribution in [0, 0.1) is 6.92 Å². The molecule has 1 fully saturated rings. The Hall–Kier alpha value is -3.66. The number of hydrogen-bond acceptors (Lipinski definition) is 8. The van der Waals surface area contributed by atoms with Gasteiger partial charge in [0.2, 0.25) is 0 Å². The van der Waals surface area contributed by atoms with Gasteiger partial charge in [-0.1, -0.05) is 24.3 Å². The van der Waals surface area contributed by atoms with Gasteiger partial charge in [0.15, 0.2) is 6.29 Å². The topological polar surface area (TPSA) is 87.2 Å². The van der Waals surface area contributed by atoms with Crippen molar-refractivity contribution < 1.29 is 26.8 Å². The van der Waals surface area contributed by atoms with Crippen LogP contribution >= 0.6 is 0 Å². The lowest BCUT2D eigenvalue weighted by atomic mass is 10.1. The van der Waals surface area contributed by atoms with Crippen LogP contribution in [0.4, 0.5) is 5.69 Å². The third kappa shape index (κ3) is 7.65. The summed E-state index contributed by atoms with van der Waals surface area (Å²) in [6, 6.07) is 22.9. The molecule has 0 spiro atoms. The smallest absolute Gasteiger partial charge is 0.297 e. The molecule has 0 saturated carbocycles. The highest BCUT2D eigenvalue weighted by Gasteiger charge is 2.23. The Morgan fingerprint density at radius 1 is 0.977 bits per heavy atom. The van der Waals surface area contributed by atoms with Crippen molar-refractivity contribution in [2.45, 2.75) is 64.2 Å². The lowest BCUT2D eigenvalue weighted by molar-refractivity contribution is -0.106. The predicted molar refractivity (Wildman–Crippen MR) is 169 cm³/mol. The zero-order chi connectivity index (χ0) is 30.4. The van der Waals surface area contributed by atoms with Gasteiger partial charge in [-0.2, -0.15) is 8.42 Å². The SMILES string of the molecule is CCN(CC)c1ccc(-c2ccc3cc(OCC(C)OS(=O)(=O)c4ccc(C)c(OC5CCCCO5)c4)ccc3n2)cc1. The Balaban J connectivity index is 1.20. The molecule has 0 N–H and O–H groups in total. The predicted octanol–water partition coefficient (Wildman–Crippen LogP) is 7.13. The summed E-state index contributed by atoms with van der Waals surface area (Å²) in [7, 11) is -4.03. The molecule has 1 saturated heterocycles. The van der Waals surface area contributed by atoms with E-state index in [1.54, 1.807) is 13.0 Å². The summed E-state index contributed by atoms with van der Waals surface area (Å²) in [6.45, 7) is 10.5. The van der Waals surface area contributed by atoms with Gasteiger partial charge in [-0.3, -0.25) is 4.18 Å². The molecule has 3 aromatic carbocycles. The van der Waals surface area contributed by atoms with Gasteiger partial charge in [0.1, 0.15) is 24.2 Å². The molecule has 2 unspecified atom stereocenters. The van der Waals surface area contributed by atoms with Crippen molar-refractivity contribution in [3.05, 3.63) is 78.4 Å². The summed E-state index contributed by atoms with van der Waals surface area (Å²) in [6.07, 6.45) is 1.71. The van der Waals surface area contributed by atoms with E-state index >= 15 is 0 Å². The molecule has 9 heteroatoms. The first kappa shape index (κ1) is 30.8.